The van der Waals surface area contributed by atoms with Crippen molar-refractivity contribution in [2.24, 2.45) is 10.9 Å². The van der Waals surface area contributed by atoms with Gasteiger partial charge < -0.3 is 10.4 Å². The van der Waals surface area contributed by atoms with Crippen molar-refractivity contribution in [1.82, 2.24) is 21.5 Å². The second-order valence-electron chi connectivity index (χ2n) is 10.7. The second kappa shape index (κ2) is 12.3. The maximum absolute atomic E-state index is 13.8. The Kier molecular flexibility index (Phi) is 9.25. The van der Waals surface area contributed by atoms with Crippen LogP contribution in [0.3, 0.4) is 0 Å². The summed E-state index contributed by atoms with van der Waals surface area (Å²) in [4.78, 5) is 17.7. The first-order valence-corrected chi connectivity index (χ1v) is 13.5. The van der Waals surface area contributed by atoms with Crippen molar-refractivity contribution in [3.8, 4) is 0 Å². The third-order valence-electron chi connectivity index (χ3n) is 7.93. The smallest absolute Gasteiger partial charge is 0.393 e. The first-order chi connectivity index (χ1) is 18.1. The van der Waals surface area contributed by atoms with Crippen LogP contribution >= 0.6 is 0 Å². The summed E-state index contributed by atoms with van der Waals surface area (Å²) in [6.07, 6.45) is 3.13. The van der Waals surface area contributed by atoms with Crippen LogP contribution in [0.15, 0.2) is 23.2 Å². The van der Waals surface area contributed by atoms with Gasteiger partial charge in [-0.05, 0) is 62.6 Å². The molecule has 7 nitrogen and oxygen atoms in total. The largest absolute Gasteiger partial charge is 0.405 e. The van der Waals surface area contributed by atoms with E-state index in [9.17, 15) is 31.9 Å². The first kappa shape index (κ1) is 28.7. The Bertz CT molecular complexity index is 991. The van der Waals surface area contributed by atoms with Gasteiger partial charge in [0.1, 0.15) is 11.7 Å². The molecule has 1 aromatic rings. The van der Waals surface area contributed by atoms with E-state index in [0.717, 1.165) is 50.3 Å². The molecule has 0 bridgehead atoms. The molecule has 3 fully saturated rings. The molecule has 4 rings (SSSR count). The maximum atomic E-state index is 13.8. The highest BCUT2D eigenvalue weighted by molar-refractivity contribution is 6.05. The average Bonchev–Trinajstić information content (AvgIpc) is 3.27. The Labute approximate surface area is 219 Å². The van der Waals surface area contributed by atoms with E-state index < -0.39 is 41.5 Å². The molecule has 0 aromatic heterocycles. The number of halogens is 5. The number of carbonyl (C=O) groups is 1. The highest BCUT2D eigenvalue weighted by Crippen LogP contribution is 2.38. The van der Waals surface area contributed by atoms with Gasteiger partial charge in [-0.3, -0.25) is 10.1 Å². The van der Waals surface area contributed by atoms with Crippen molar-refractivity contribution in [2.45, 2.75) is 107 Å². The van der Waals surface area contributed by atoms with Crippen LogP contribution in [0.1, 0.15) is 87.4 Å². The van der Waals surface area contributed by atoms with Gasteiger partial charge in [0.2, 0.25) is 0 Å². The SMILES string of the molecule is O=C(NC(=NC1CCC(O)CC1)NC1(C2CCCCCCC2)CC(C(F)(F)F)NN1)c1ccc(F)c(F)c1. The van der Waals surface area contributed by atoms with Crippen LogP contribution in [0.5, 0.6) is 0 Å². The standard InChI is InChI=1S/C26H36F5N5O2/c27-20-13-8-16(14-21(20)28)23(38)33-24(32-18-9-11-19(37)12-10-18)34-25(15-22(35-36-25)26(29,30)31)17-6-4-2-1-3-5-7-17/h8,13-14,17-19,22,35-37H,1-7,9-12,15H2,(H2,32,33,34,38). The number of carbonyl (C=O) groups excluding carboxylic acids is 1. The summed E-state index contributed by atoms with van der Waals surface area (Å²) in [7, 11) is 0. The van der Waals surface area contributed by atoms with Crippen LogP contribution in [0, 0.1) is 17.6 Å². The van der Waals surface area contributed by atoms with Gasteiger partial charge >= 0.3 is 6.18 Å². The molecule has 0 radical (unpaired) electrons. The van der Waals surface area contributed by atoms with E-state index >= 15 is 0 Å². The number of hydrogen-bond donors (Lipinski definition) is 5. The van der Waals surface area contributed by atoms with E-state index in [2.05, 4.69) is 26.5 Å². The molecule has 1 amide bonds. The molecule has 2 atom stereocenters. The fourth-order valence-corrected chi connectivity index (χ4v) is 5.73. The summed E-state index contributed by atoms with van der Waals surface area (Å²) < 4.78 is 68.4. The van der Waals surface area contributed by atoms with Crippen molar-refractivity contribution >= 4 is 11.9 Å². The third kappa shape index (κ3) is 7.20. The Hall–Kier alpha value is -2.31. The van der Waals surface area contributed by atoms with Crippen molar-refractivity contribution in [2.75, 3.05) is 0 Å². The maximum Gasteiger partial charge on any atom is 0.405 e. The first-order valence-electron chi connectivity index (χ1n) is 13.5. The number of hydrogen-bond acceptors (Lipinski definition) is 5. The van der Waals surface area contributed by atoms with Crippen molar-refractivity contribution < 1.29 is 31.9 Å². The van der Waals surface area contributed by atoms with Crippen LogP contribution in [-0.4, -0.2) is 47.0 Å². The molecular weight excluding hydrogens is 509 g/mol. The molecule has 38 heavy (non-hydrogen) atoms. The highest BCUT2D eigenvalue weighted by Gasteiger charge is 2.53. The van der Waals surface area contributed by atoms with Gasteiger partial charge in [0.25, 0.3) is 5.91 Å². The molecule has 1 aliphatic heterocycles. The predicted molar refractivity (Wildman–Crippen MR) is 132 cm³/mol. The van der Waals surface area contributed by atoms with E-state index in [-0.39, 0.29) is 29.9 Å². The number of amides is 1. The monoisotopic (exact) mass is 545 g/mol. The predicted octanol–water partition coefficient (Wildman–Crippen LogP) is 4.43. The Morgan fingerprint density at radius 2 is 1.63 bits per heavy atom. The normalized spacial score (nSPS) is 29.9. The summed E-state index contributed by atoms with van der Waals surface area (Å²) in [5, 5.41) is 15.6. The Morgan fingerprint density at radius 3 is 2.24 bits per heavy atom. The molecule has 3 aliphatic rings. The van der Waals surface area contributed by atoms with E-state index in [1.165, 1.54) is 0 Å². The molecule has 2 aliphatic carbocycles. The van der Waals surface area contributed by atoms with E-state index in [1.54, 1.807) is 0 Å². The van der Waals surface area contributed by atoms with E-state index in [1.807, 2.05) is 0 Å². The third-order valence-corrected chi connectivity index (χ3v) is 7.93. The molecule has 212 valence electrons. The number of alkyl halides is 3. The lowest BCUT2D eigenvalue weighted by Gasteiger charge is -2.40. The molecule has 1 heterocycles. The van der Waals surface area contributed by atoms with Crippen LogP contribution in [0.4, 0.5) is 22.0 Å². The Balaban J connectivity index is 1.64. The number of aliphatic imine (C=N–C) groups is 1. The van der Waals surface area contributed by atoms with E-state index in [4.69, 9.17) is 0 Å². The minimum atomic E-state index is -4.48. The zero-order chi connectivity index (χ0) is 27.3. The van der Waals surface area contributed by atoms with Gasteiger partial charge in [-0.1, -0.05) is 32.1 Å². The topological polar surface area (TPSA) is 97.8 Å². The average molecular weight is 546 g/mol. The molecule has 1 saturated heterocycles. The van der Waals surface area contributed by atoms with Crippen LogP contribution in [0.25, 0.3) is 0 Å². The summed E-state index contributed by atoms with van der Waals surface area (Å²) in [6.45, 7) is 0. The number of guanidine groups is 1. The molecule has 12 heteroatoms. The second-order valence-corrected chi connectivity index (χ2v) is 10.7. The summed E-state index contributed by atoms with van der Waals surface area (Å²) in [5.41, 5.74) is 3.90. The van der Waals surface area contributed by atoms with Gasteiger partial charge in [0.05, 0.1) is 12.1 Å². The van der Waals surface area contributed by atoms with Crippen molar-refractivity contribution in [3.63, 3.8) is 0 Å². The molecular formula is C26H36F5N5O2. The lowest BCUT2D eigenvalue weighted by atomic mass is 9.79. The lowest BCUT2D eigenvalue weighted by molar-refractivity contribution is -0.153. The number of nitrogens with one attached hydrogen (secondary N) is 4. The summed E-state index contributed by atoms with van der Waals surface area (Å²) in [6, 6.07) is 0.659. The fraction of sp³-hybridized carbons (Fsp3) is 0.692. The van der Waals surface area contributed by atoms with Crippen LogP contribution in [0.2, 0.25) is 0 Å². The number of hydrazine groups is 1. The number of nitrogens with zero attached hydrogens (tertiary/aromatic N) is 1. The zero-order valence-electron chi connectivity index (χ0n) is 21.2. The fourth-order valence-electron chi connectivity index (χ4n) is 5.73. The van der Waals surface area contributed by atoms with Gasteiger partial charge in [-0.2, -0.15) is 13.2 Å². The molecule has 1 aromatic carbocycles. The van der Waals surface area contributed by atoms with Crippen molar-refractivity contribution in [3.05, 3.63) is 35.4 Å². The minimum absolute atomic E-state index is 0.0275. The molecule has 2 unspecified atom stereocenters. The van der Waals surface area contributed by atoms with Crippen molar-refractivity contribution in [1.29, 1.82) is 0 Å². The quantitative estimate of drug-likeness (QED) is 0.219. The van der Waals surface area contributed by atoms with Gasteiger partial charge in [-0.15, -0.1) is 0 Å². The van der Waals surface area contributed by atoms with Crippen LogP contribution < -0.4 is 21.5 Å². The summed E-state index contributed by atoms with van der Waals surface area (Å²) >= 11 is 0. The van der Waals surface area contributed by atoms with Gasteiger partial charge in [-0.25, -0.2) is 24.6 Å². The number of benzene rings is 1. The highest BCUT2D eigenvalue weighted by atomic mass is 19.4. The summed E-state index contributed by atoms with van der Waals surface area (Å²) in [5.74, 6) is -3.26. The zero-order valence-corrected chi connectivity index (χ0v) is 21.2. The number of aliphatic hydroxyl groups is 1. The molecule has 0 spiro atoms. The van der Waals surface area contributed by atoms with Gasteiger partial charge in [0.15, 0.2) is 17.6 Å². The number of aliphatic hydroxyl groups excluding tert-OH is 1. The number of rotatable bonds is 4. The Morgan fingerprint density at radius 1 is 0.974 bits per heavy atom. The lowest BCUT2D eigenvalue weighted by Crippen LogP contribution is -2.64. The van der Waals surface area contributed by atoms with E-state index in [0.29, 0.717) is 38.5 Å². The molecule has 2 saturated carbocycles. The minimum Gasteiger partial charge on any atom is -0.393 e. The molecule has 5 N–H and O–H groups in total. The van der Waals surface area contributed by atoms with Crippen LogP contribution in [-0.2, 0) is 0 Å². The van der Waals surface area contributed by atoms with Gasteiger partial charge in [0, 0.05) is 12.0 Å².